The zero-order chi connectivity index (χ0) is 12.3. The van der Waals surface area contributed by atoms with Gasteiger partial charge in [0.05, 0.1) is 12.5 Å². The molecule has 0 aromatic heterocycles. The molecule has 17 heavy (non-hydrogen) atoms. The molecule has 0 amide bonds. The smallest absolute Gasteiger partial charge is 0.133 e. The first-order chi connectivity index (χ1) is 8.20. The van der Waals surface area contributed by atoms with Crippen LogP contribution in [0.4, 0.5) is 8.78 Å². The Morgan fingerprint density at radius 2 is 1.88 bits per heavy atom. The molecule has 0 N–H and O–H groups in total. The SMILES string of the molecule is N#CCc1cccc(-c2ccc(F)cc2F)c1. The minimum Gasteiger partial charge on any atom is -0.207 e. The molecule has 2 aromatic carbocycles. The minimum absolute atomic E-state index is 0.274. The highest BCUT2D eigenvalue weighted by atomic mass is 19.1. The zero-order valence-corrected chi connectivity index (χ0v) is 8.95. The Bertz CT molecular complexity index is 585. The van der Waals surface area contributed by atoms with Crippen LogP contribution in [0.5, 0.6) is 0 Å². The number of hydrogen-bond acceptors (Lipinski definition) is 1. The van der Waals surface area contributed by atoms with Gasteiger partial charge in [-0.15, -0.1) is 0 Å². The van der Waals surface area contributed by atoms with Crippen LogP contribution in [0.3, 0.4) is 0 Å². The molecule has 0 saturated heterocycles. The summed E-state index contributed by atoms with van der Waals surface area (Å²) in [6, 6.07) is 12.5. The summed E-state index contributed by atoms with van der Waals surface area (Å²) >= 11 is 0. The number of hydrogen-bond donors (Lipinski definition) is 0. The van der Waals surface area contributed by atoms with Gasteiger partial charge in [-0.1, -0.05) is 24.3 Å². The van der Waals surface area contributed by atoms with Crippen molar-refractivity contribution in [3.8, 4) is 17.2 Å². The Morgan fingerprint density at radius 3 is 2.59 bits per heavy atom. The van der Waals surface area contributed by atoms with E-state index in [9.17, 15) is 8.78 Å². The lowest BCUT2D eigenvalue weighted by Crippen LogP contribution is -1.88. The van der Waals surface area contributed by atoms with Crippen molar-refractivity contribution in [2.45, 2.75) is 6.42 Å². The first-order valence-electron chi connectivity index (χ1n) is 5.12. The molecule has 0 bridgehead atoms. The normalized spacial score (nSPS) is 9.94. The molecule has 0 atom stereocenters. The Morgan fingerprint density at radius 1 is 1.06 bits per heavy atom. The van der Waals surface area contributed by atoms with Crippen molar-refractivity contribution >= 4 is 0 Å². The molecule has 0 radical (unpaired) electrons. The van der Waals surface area contributed by atoms with Gasteiger partial charge in [-0.3, -0.25) is 0 Å². The molecule has 0 saturated carbocycles. The molecule has 2 rings (SSSR count). The predicted octanol–water partition coefficient (Wildman–Crippen LogP) is 3.70. The fourth-order valence-electron chi connectivity index (χ4n) is 1.66. The third-order valence-electron chi connectivity index (χ3n) is 2.45. The van der Waals surface area contributed by atoms with Gasteiger partial charge in [-0.25, -0.2) is 8.78 Å². The Hall–Kier alpha value is -2.21. The second-order valence-electron chi connectivity index (χ2n) is 3.66. The van der Waals surface area contributed by atoms with E-state index in [0.717, 1.165) is 11.6 Å². The van der Waals surface area contributed by atoms with E-state index in [-0.39, 0.29) is 6.42 Å². The van der Waals surface area contributed by atoms with Gasteiger partial charge >= 0.3 is 0 Å². The number of nitriles is 1. The Labute approximate surface area is 97.9 Å². The lowest BCUT2D eigenvalue weighted by atomic mass is 10.0. The van der Waals surface area contributed by atoms with Crippen molar-refractivity contribution in [3.05, 3.63) is 59.7 Å². The first-order valence-corrected chi connectivity index (χ1v) is 5.12. The molecule has 0 fully saturated rings. The molecule has 0 spiro atoms. The third kappa shape index (κ3) is 2.48. The molecule has 3 heteroatoms. The maximum absolute atomic E-state index is 13.5. The van der Waals surface area contributed by atoms with E-state index in [1.807, 2.05) is 6.07 Å². The van der Waals surface area contributed by atoms with Gasteiger partial charge in [-0.05, 0) is 23.3 Å². The van der Waals surface area contributed by atoms with E-state index in [4.69, 9.17) is 5.26 Å². The van der Waals surface area contributed by atoms with E-state index in [2.05, 4.69) is 0 Å². The Balaban J connectivity index is 2.46. The van der Waals surface area contributed by atoms with Crippen LogP contribution in [0.2, 0.25) is 0 Å². The molecule has 0 aliphatic heterocycles. The molecule has 84 valence electrons. The number of halogens is 2. The summed E-state index contributed by atoms with van der Waals surface area (Å²) < 4.78 is 26.3. The van der Waals surface area contributed by atoms with Gasteiger partial charge in [0.1, 0.15) is 11.6 Å². The summed E-state index contributed by atoms with van der Waals surface area (Å²) in [5, 5.41) is 8.60. The molecule has 1 nitrogen and oxygen atoms in total. The molecule has 0 heterocycles. The maximum atomic E-state index is 13.5. The van der Waals surface area contributed by atoms with Gasteiger partial charge < -0.3 is 0 Å². The van der Waals surface area contributed by atoms with Crippen molar-refractivity contribution in [2.75, 3.05) is 0 Å². The molecule has 0 aliphatic rings. The second kappa shape index (κ2) is 4.75. The van der Waals surface area contributed by atoms with Crippen molar-refractivity contribution in [1.82, 2.24) is 0 Å². The van der Waals surface area contributed by atoms with Gasteiger partial charge in [-0.2, -0.15) is 5.26 Å². The van der Waals surface area contributed by atoms with Crippen LogP contribution < -0.4 is 0 Å². The second-order valence-corrected chi connectivity index (χ2v) is 3.66. The van der Waals surface area contributed by atoms with Gasteiger partial charge in [0.25, 0.3) is 0 Å². The van der Waals surface area contributed by atoms with Crippen LogP contribution in [0, 0.1) is 23.0 Å². The third-order valence-corrected chi connectivity index (χ3v) is 2.45. The van der Waals surface area contributed by atoms with E-state index >= 15 is 0 Å². The highest BCUT2D eigenvalue weighted by Crippen LogP contribution is 2.24. The van der Waals surface area contributed by atoms with E-state index < -0.39 is 11.6 Å². The van der Waals surface area contributed by atoms with Crippen LogP contribution in [0.15, 0.2) is 42.5 Å². The first kappa shape index (κ1) is 11.3. The largest absolute Gasteiger partial charge is 0.207 e. The zero-order valence-electron chi connectivity index (χ0n) is 8.95. The molecular formula is C14H9F2N. The van der Waals surface area contributed by atoms with Crippen molar-refractivity contribution in [3.63, 3.8) is 0 Å². The predicted molar refractivity (Wildman–Crippen MR) is 61.1 cm³/mol. The van der Waals surface area contributed by atoms with Crippen molar-refractivity contribution in [1.29, 1.82) is 5.26 Å². The van der Waals surface area contributed by atoms with Crippen LogP contribution in [0.1, 0.15) is 5.56 Å². The topological polar surface area (TPSA) is 23.8 Å². The summed E-state index contributed by atoms with van der Waals surface area (Å²) in [6.45, 7) is 0. The van der Waals surface area contributed by atoms with Crippen LogP contribution in [0.25, 0.3) is 11.1 Å². The van der Waals surface area contributed by atoms with Gasteiger partial charge in [0.2, 0.25) is 0 Å². The number of rotatable bonds is 2. The summed E-state index contributed by atoms with van der Waals surface area (Å²) in [4.78, 5) is 0. The maximum Gasteiger partial charge on any atom is 0.133 e. The van der Waals surface area contributed by atoms with E-state index in [0.29, 0.717) is 11.1 Å². The highest BCUT2D eigenvalue weighted by Gasteiger charge is 2.06. The van der Waals surface area contributed by atoms with E-state index in [1.165, 1.54) is 12.1 Å². The lowest BCUT2D eigenvalue weighted by molar-refractivity contribution is 0.585. The fraction of sp³-hybridized carbons (Fsp3) is 0.0714. The van der Waals surface area contributed by atoms with E-state index in [1.54, 1.807) is 24.3 Å². The quantitative estimate of drug-likeness (QED) is 0.770. The van der Waals surface area contributed by atoms with Crippen molar-refractivity contribution in [2.24, 2.45) is 0 Å². The molecule has 0 aliphatic carbocycles. The lowest BCUT2D eigenvalue weighted by Gasteiger charge is -2.05. The van der Waals surface area contributed by atoms with Crippen LogP contribution in [-0.2, 0) is 6.42 Å². The average Bonchev–Trinajstić information content (AvgIpc) is 2.29. The number of benzene rings is 2. The van der Waals surface area contributed by atoms with Crippen LogP contribution >= 0.6 is 0 Å². The van der Waals surface area contributed by atoms with Crippen LogP contribution in [-0.4, -0.2) is 0 Å². The monoisotopic (exact) mass is 229 g/mol. The standard InChI is InChI=1S/C14H9F2N/c15-12-4-5-13(14(16)9-12)11-3-1-2-10(8-11)6-7-17/h1-5,8-9H,6H2. The molecule has 2 aromatic rings. The summed E-state index contributed by atoms with van der Waals surface area (Å²) in [5.41, 5.74) is 1.80. The molecular weight excluding hydrogens is 220 g/mol. The fourth-order valence-corrected chi connectivity index (χ4v) is 1.66. The number of nitrogens with zero attached hydrogens (tertiary/aromatic N) is 1. The minimum atomic E-state index is -0.598. The summed E-state index contributed by atoms with van der Waals surface area (Å²) in [6.07, 6.45) is 0.274. The van der Waals surface area contributed by atoms with Gasteiger partial charge in [0, 0.05) is 11.6 Å². The van der Waals surface area contributed by atoms with Crippen molar-refractivity contribution < 1.29 is 8.78 Å². The average molecular weight is 229 g/mol. The molecule has 0 unspecified atom stereocenters. The summed E-state index contributed by atoms with van der Waals surface area (Å²) in [5.74, 6) is -1.20. The summed E-state index contributed by atoms with van der Waals surface area (Å²) in [7, 11) is 0. The van der Waals surface area contributed by atoms with Gasteiger partial charge in [0.15, 0.2) is 0 Å². The Kier molecular flexibility index (Phi) is 3.15. The highest BCUT2D eigenvalue weighted by molar-refractivity contribution is 5.64.